The number of carbonyl (C=O) groups is 2. The Labute approximate surface area is 127 Å². The average Bonchev–Trinajstić information content (AvgIpc) is 2.84. The van der Waals surface area contributed by atoms with Crippen molar-refractivity contribution in [2.24, 2.45) is 23.7 Å². The van der Waals surface area contributed by atoms with Crippen LogP contribution in [0.3, 0.4) is 0 Å². The number of carboxylic acid groups (broad SMARTS) is 1. The predicted octanol–water partition coefficient (Wildman–Crippen LogP) is 3.21. The Kier molecular flexibility index (Phi) is 5.65. The average molecular weight is 295 g/mol. The summed E-state index contributed by atoms with van der Waals surface area (Å²) in [5, 5.41) is 12.4. The molecule has 21 heavy (non-hydrogen) atoms. The van der Waals surface area contributed by atoms with Crippen molar-refractivity contribution in [1.82, 2.24) is 5.32 Å². The van der Waals surface area contributed by atoms with Crippen molar-refractivity contribution in [3.63, 3.8) is 0 Å². The Bertz CT molecular complexity index is 374. The Balaban J connectivity index is 1.83. The van der Waals surface area contributed by atoms with Gasteiger partial charge in [-0.25, -0.2) is 0 Å². The number of amides is 1. The molecule has 2 aliphatic carbocycles. The molecular weight excluding hydrogens is 266 g/mol. The molecule has 4 heteroatoms. The van der Waals surface area contributed by atoms with E-state index in [1.165, 1.54) is 25.7 Å². The van der Waals surface area contributed by atoms with Gasteiger partial charge < -0.3 is 10.4 Å². The van der Waals surface area contributed by atoms with Crippen LogP contribution in [0.15, 0.2) is 0 Å². The van der Waals surface area contributed by atoms with Gasteiger partial charge in [-0.1, -0.05) is 26.7 Å². The molecule has 2 fully saturated rings. The predicted molar refractivity (Wildman–Crippen MR) is 81.8 cm³/mol. The molecule has 0 aromatic heterocycles. The van der Waals surface area contributed by atoms with E-state index in [4.69, 9.17) is 0 Å². The number of carboxylic acids is 1. The Hall–Kier alpha value is -1.06. The van der Waals surface area contributed by atoms with E-state index in [0.717, 1.165) is 18.8 Å². The van der Waals surface area contributed by atoms with E-state index in [2.05, 4.69) is 12.2 Å². The molecule has 120 valence electrons. The number of nitrogens with one attached hydrogen (secondary N) is 1. The molecule has 2 N–H and O–H groups in total. The van der Waals surface area contributed by atoms with Crippen molar-refractivity contribution < 1.29 is 14.7 Å². The highest BCUT2D eigenvalue weighted by atomic mass is 16.4. The lowest BCUT2D eigenvalue weighted by Crippen LogP contribution is -2.42. The maximum absolute atomic E-state index is 12.4. The summed E-state index contributed by atoms with van der Waals surface area (Å²) < 4.78 is 0. The first-order valence-corrected chi connectivity index (χ1v) is 8.54. The van der Waals surface area contributed by atoms with Crippen LogP contribution >= 0.6 is 0 Å². The molecule has 0 radical (unpaired) electrons. The lowest BCUT2D eigenvalue weighted by Gasteiger charge is -2.30. The topological polar surface area (TPSA) is 66.4 Å². The molecule has 0 saturated heterocycles. The number of aliphatic carboxylic acids is 1. The van der Waals surface area contributed by atoms with Crippen LogP contribution in [0.25, 0.3) is 0 Å². The highest BCUT2D eigenvalue weighted by Gasteiger charge is 2.41. The fourth-order valence-corrected chi connectivity index (χ4v) is 4.17. The van der Waals surface area contributed by atoms with E-state index in [1.807, 2.05) is 6.92 Å². The fraction of sp³-hybridized carbons (Fsp3) is 0.882. The molecule has 3 atom stereocenters. The molecule has 0 aromatic carbocycles. The van der Waals surface area contributed by atoms with Gasteiger partial charge in [-0.05, 0) is 50.4 Å². The third-order valence-corrected chi connectivity index (χ3v) is 5.34. The van der Waals surface area contributed by atoms with Gasteiger partial charge in [0.15, 0.2) is 0 Å². The summed E-state index contributed by atoms with van der Waals surface area (Å²) in [5.41, 5.74) is 0. The Morgan fingerprint density at radius 1 is 1.10 bits per heavy atom. The molecule has 2 aliphatic rings. The summed E-state index contributed by atoms with van der Waals surface area (Å²) in [6.07, 6.45) is 8.38. The van der Waals surface area contributed by atoms with Crippen LogP contribution in [0.2, 0.25) is 0 Å². The van der Waals surface area contributed by atoms with Gasteiger partial charge in [-0.3, -0.25) is 9.59 Å². The van der Waals surface area contributed by atoms with Crippen molar-refractivity contribution in [2.75, 3.05) is 0 Å². The fourth-order valence-electron chi connectivity index (χ4n) is 4.17. The van der Waals surface area contributed by atoms with Crippen LogP contribution in [0.5, 0.6) is 0 Å². The molecular formula is C17H29NO3. The summed E-state index contributed by atoms with van der Waals surface area (Å²) in [7, 11) is 0. The second-order valence-corrected chi connectivity index (χ2v) is 7.14. The summed E-state index contributed by atoms with van der Waals surface area (Å²) in [5.74, 6) is -0.497. The molecule has 0 aliphatic heterocycles. The zero-order valence-electron chi connectivity index (χ0n) is 13.3. The zero-order valence-corrected chi connectivity index (χ0v) is 13.3. The van der Waals surface area contributed by atoms with Gasteiger partial charge >= 0.3 is 5.97 Å². The van der Waals surface area contributed by atoms with E-state index in [1.54, 1.807) is 0 Å². The third kappa shape index (κ3) is 4.21. The molecule has 4 nitrogen and oxygen atoms in total. The van der Waals surface area contributed by atoms with Crippen LogP contribution in [0, 0.1) is 23.7 Å². The van der Waals surface area contributed by atoms with Crippen LogP contribution < -0.4 is 5.32 Å². The third-order valence-electron chi connectivity index (χ3n) is 5.34. The van der Waals surface area contributed by atoms with E-state index in [9.17, 15) is 14.7 Å². The minimum atomic E-state index is -0.814. The van der Waals surface area contributed by atoms with Gasteiger partial charge in [0.25, 0.3) is 0 Å². The quantitative estimate of drug-likeness (QED) is 0.818. The van der Waals surface area contributed by atoms with Crippen LogP contribution in [0.1, 0.15) is 65.2 Å². The summed E-state index contributed by atoms with van der Waals surface area (Å²) in [6.45, 7) is 4.26. The van der Waals surface area contributed by atoms with Crippen molar-refractivity contribution >= 4 is 11.9 Å². The monoisotopic (exact) mass is 295 g/mol. The first-order chi connectivity index (χ1) is 10.0. The van der Waals surface area contributed by atoms with Crippen LogP contribution in [0.4, 0.5) is 0 Å². The Morgan fingerprint density at radius 2 is 1.71 bits per heavy atom. The lowest BCUT2D eigenvalue weighted by molar-refractivity contribution is -0.146. The van der Waals surface area contributed by atoms with Crippen molar-refractivity contribution in [3.05, 3.63) is 0 Å². The molecule has 2 rings (SSSR count). The van der Waals surface area contributed by atoms with E-state index < -0.39 is 11.9 Å². The van der Waals surface area contributed by atoms with Gasteiger partial charge in [0.1, 0.15) is 0 Å². The van der Waals surface area contributed by atoms with Crippen molar-refractivity contribution in [2.45, 2.75) is 71.3 Å². The SMILES string of the molecule is CCCC1CCC(NC(=O)C2CC(C)CC2C(=O)O)CC1. The maximum Gasteiger partial charge on any atom is 0.307 e. The molecule has 0 aromatic rings. The van der Waals surface area contributed by atoms with Crippen molar-refractivity contribution in [1.29, 1.82) is 0 Å². The highest BCUT2D eigenvalue weighted by molar-refractivity contribution is 5.85. The second-order valence-electron chi connectivity index (χ2n) is 7.14. The maximum atomic E-state index is 12.4. The molecule has 2 saturated carbocycles. The summed E-state index contributed by atoms with van der Waals surface area (Å²) in [4.78, 5) is 23.7. The minimum absolute atomic E-state index is 0.0225. The number of hydrogen-bond donors (Lipinski definition) is 2. The van der Waals surface area contributed by atoms with Gasteiger partial charge in [0.05, 0.1) is 11.8 Å². The first kappa shape index (κ1) is 16.3. The van der Waals surface area contributed by atoms with Crippen LogP contribution in [-0.2, 0) is 9.59 Å². The van der Waals surface area contributed by atoms with Gasteiger partial charge in [0.2, 0.25) is 5.91 Å². The number of rotatable bonds is 5. The normalized spacial score (nSPS) is 36.4. The molecule has 0 spiro atoms. The van der Waals surface area contributed by atoms with Gasteiger partial charge in [-0.15, -0.1) is 0 Å². The number of hydrogen-bond acceptors (Lipinski definition) is 2. The minimum Gasteiger partial charge on any atom is -0.481 e. The van der Waals surface area contributed by atoms with Crippen molar-refractivity contribution in [3.8, 4) is 0 Å². The standard InChI is InChI=1S/C17H29NO3/c1-3-4-12-5-7-13(8-6-12)18-16(19)14-9-11(2)10-15(14)17(20)21/h11-15H,3-10H2,1-2H3,(H,18,19)(H,20,21). The van der Waals surface area contributed by atoms with E-state index in [0.29, 0.717) is 18.8 Å². The largest absolute Gasteiger partial charge is 0.481 e. The Morgan fingerprint density at radius 3 is 2.29 bits per heavy atom. The first-order valence-electron chi connectivity index (χ1n) is 8.54. The van der Waals surface area contributed by atoms with E-state index in [-0.39, 0.29) is 17.9 Å². The van der Waals surface area contributed by atoms with Gasteiger partial charge in [-0.2, -0.15) is 0 Å². The van der Waals surface area contributed by atoms with E-state index >= 15 is 0 Å². The highest BCUT2D eigenvalue weighted by Crippen LogP contribution is 2.37. The number of carbonyl (C=O) groups excluding carboxylic acids is 1. The molecule has 3 unspecified atom stereocenters. The smallest absolute Gasteiger partial charge is 0.307 e. The molecule has 1 amide bonds. The summed E-state index contributed by atoms with van der Waals surface area (Å²) >= 11 is 0. The molecule has 0 bridgehead atoms. The lowest BCUT2D eigenvalue weighted by atomic mass is 9.83. The second kappa shape index (κ2) is 7.28. The van der Waals surface area contributed by atoms with Gasteiger partial charge in [0, 0.05) is 6.04 Å². The van der Waals surface area contributed by atoms with Crippen LogP contribution in [-0.4, -0.2) is 23.0 Å². The zero-order chi connectivity index (χ0) is 15.4. The summed E-state index contributed by atoms with van der Waals surface area (Å²) in [6, 6.07) is 0.260. The molecule has 0 heterocycles.